The number of amides is 3. The van der Waals surface area contributed by atoms with Crippen molar-refractivity contribution in [1.82, 2.24) is 15.6 Å². The van der Waals surface area contributed by atoms with Crippen molar-refractivity contribution in [2.75, 3.05) is 18.4 Å². The number of hydrogen-bond acceptors (Lipinski definition) is 3. The Labute approximate surface area is 288 Å². The molecule has 2 rings (SSSR count). The molecule has 0 saturated carbocycles. The maximum Gasteiger partial charge on any atom is 0.220 e. The van der Waals surface area contributed by atoms with Gasteiger partial charge in [-0.3, -0.25) is 14.4 Å². The van der Waals surface area contributed by atoms with Crippen molar-refractivity contribution in [3.05, 3.63) is 113 Å². The number of H-pyrrole nitrogens is 1. The SMILES string of the molecule is CC/C=C\C/C=C\C/C=C\C/C=C\C/C=C\CCCC(=O)NCCNC(=O)CCc1c(C)[nH]c(/C=C(\C)c2ccccc2NC=O)c1C. The molecule has 0 spiro atoms. The molecule has 0 aliphatic heterocycles. The summed E-state index contributed by atoms with van der Waals surface area (Å²) in [6.45, 7) is 9.07. The molecule has 2 aromatic rings. The molecule has 4 N–H and O–H groups in total. The minimum absolute atomic E-state index is 0.00983. The summed E-state index contributed by atoms with van der Waals surface area (Å²) in [6.07, 6.45) is 32.6. The fraction of sp³-hybridized carbons (Fsp3) is 0.390. The van der Waals surface area contributed by atoms with E-state index in [0.717, 1.165) is 84.3 Å². The highest BCUT2D eigenvalue weighted by Crippen LogP contribution is 2.28. The van der Waals surface area contributed by atoms with Gasteiger partial charge < -0.3 is 20.9 Å². The Bertz CT molecular complexity index is 1460. The summed E-state index contributed by atoms with van der Waals surface area (Å²) in [5.41, 5.74) is 7.00. The molecule has 7 heteroatoms. The molecule has 1 heterocycles. The predicted molar refractivity (Wildman–Crippen MR) is 203 cm³/mol. The third-order valence-electron chi connectivity index (χ3n) is 7.86. The first-order valence-electron chi connectivity index (χ1n) is 17.3. The number of nitrogens with one attached hydrogen (secondary N) is 4. The van der Waals surface area contributed by atoms with Gasteiger partial charge in [0.05, 0.1) is 0 Å². The largest absolute Gasteiger partial charge is 0.359 e. The van der Waals surface area contributed by atoms with Gasteiger partial charge in [0.25, 0.3) is 0 Å². The van der Waals surface area contributed by atoms with E-state index in [1.165, 1.54) is 0 Å². The van der Waals surface area contributed by atoms with E-state index in [9.17, 15) is 14.4 Å². The van der Waals surface area contributed by atoms with Crippen LogP contribution in [0.5, 0.6) is 0 Å². The van der Waals surface area contributed by atoms with Crippen LogP contribution in [0.15, 0.2) is 85.0 Å². The summed E-state index contributed by atoms with van der Waals surface area (Å²) in [5.74, 6) is -0.0274. The monoisotopic (exact) mass is 652 g/mol. The zero-order valence-corrected chi connectivity index (χ0v) is 29.4. The highest BCUT2D eigenvalue weighted by molar-refractivity contribution is 5.89. The van der Waals surface area contributed by atoms with E-state index in [1.807, 2.05) is 38.1 Å². The number of aromatic nitrogens is 1. The number of allylic oxidation sites excluding steroid dienone is 11. The predicted octanol–water partition coefficient (Wildman–Crippen LogP) is 8.85. The Balaban J connectivity index is 1.58. The van der Waals surface area contributed by atoms with Gasteiger partial charge in [-0.05, 0) is 101 Å². The molecule has 0 unspecified atom stereocenters. The Hall–Kier alpha value is -4.65. The van der Waals surface area contributed by atoms with Gasteiger partial charge in [0.1, 0.15) is 0 Å². The van der Waals surface area contributed by atoms with Crippen LogP contribution in [0, 0.1) is 13.8 Å². The highest BCUT2D eigenvalue weighted by Gasteiger charge is 2.13. The van der Waals surface area contributed by atoms with Gasteiger partial charge in [-0.15, -0.1) is 0 Å². The molecule has 1 aromatic heterocycles. The number of para-hydroxylation sites is 1. The standard InChI is InChI=1S/C41H56N4O3/c1-5-6-7-8-9-10-11-12-13-14-15-16-17-18-19-20-21-26-40(47)42-29-30-43-41(48)28-27-37-34(3)39(45-35(37)4)31-33(2)36-24-22-23-25-38(36)44-32-46/h6-7,9-10,12-13,15-16,18-19,22-25,31-32,45H,5,8,11,14,17,20-21,26-30H2,1-4H3,(H,42,47)(H,43,48)(H,44,46)/b7-6-,10-9-,13-12-,16-15-,19-18-,33-31+. The summed E-state index contributed by atoms with van der Waals surface area (Å²) in [7, 11) is 0. The van der Waals surface area contributed by atoms with Crippen LogP contribution in [0.2, 0.25) is 0 Å². The van der Waals surface area contributed by atoms with Crippen molar-refractivity contribution < 1.29 is 14.4 Å². The second kappa shape index (κ2) is 24.5. The molecule has 0 fully saturated rings. The van der Waals surface area contributed by atoms with E-state index in [0.29, 0.717) is 38.8 Å². The van der Waals surface area contributed by atoms with E-state index in [4.69, 9.17) is 0 Å². The zero-order chi connectivity index (χ0) is 34.8. The Morgan fingerprint density at radius 1 is 0.771 bits per heavy atom. The summed E-state index contributed by atoms with van der Waals surface area (Å²) in [5, 5.41) is 8.56. The van der Waals surface area contributed by atoms with Crippen molar-refractivity contribution in [3.8, 4) is 0 Å². The molecule has 0 saturated heterocycles. The summed E-state index contributed by atoms with van der Waals surface area (Å²) >= 11 is 0. The summed E-state index contributed by atoms with van der Waals surface area (Å²) in [6, 6.07) is 7.68. The fourth-order valence-corrected chi connectivity index (χ4v) is 5.21. The number of aryl methyl sites for hydroxylation is 1. The lowest BCUT2D eigenvalue weighted by Gasteiger charge is -2.09. The Morgan fingerprint density at radius 2 is 1.33 bits per heavy atom. The van der Waals surface area contributed by atoms with Crippen molar-refractivity contribution in [2.45, 2.75) is 91.9 Å². The van der Waals surface area contributed by atoms with Crippen LogP contribution in [0.1, 0.15) is 99.7 Å². The number of unbranched alkanes of at least 4 members (excludes halogenated alkanes) is 1. The number of aromatic amines is 1. The number of carbonyl (C=O) groups is 3. The van der Waals surface area contributed by atoms with Crippen LogP contribution in [-0.2, 0) is 20.8 Å². The van der Waals surface area contributed by atoms with Gasteiger partial charge in [0.15, 0.2) is 0 Å². The molecule has 3 amide bonds. The molecule has 0 aliphatic carbocycles. The van der Waals surface area contributed by atoms with Gasteiger partial charge in [0, 0.05) is 48.6 Å². The maximum atomic E-state index is 12.5. The third kappa shape index (κ3) is 16.3. The topological polar surface area (TPSA) is 103 Å². The lowest BCUT2D eigenvalue weighted by molar-refractivity contribution is -0.122. The molecule has 258 valence electrons. The zero-order valence-electron chi connectivity index (χ0n) is 29.4. The molecule has 0 atom stereocenters. The lowest BCUT2D eigenvalue weighted by atomic mass is 10.0. The van der Waals surface area contributed by atoms with Crippen LogP contribution in [-0.4, -0.2) is 36.3 Å². The van der Waals surface area contributed by atoms with Crippen LogP contribution in [0.3, 0.4) is 0 Å². The first-order valence-corrected chi connectivity index (χ1v) is 17.3. The minimum Gasteiger partial charge on any atom is -0.359 e. The lowest BCUT2D eigenvalue weighted by Crippen LogP contribution is -2.34. The van der Waals surface area contributed by atoms with Crippen LogP contribution >= 0.6 is 0 Å². The molecule has 48 heavy (non-hydrogen) atoms. The van der Waals surface area contributed by atoms with Crippen molar-refractivity contribution in [2.24, 2.45) is 0 Å². The Kier molecular flexibility index (Phi) is 20.2. The normalized spacial score (nSPS) is 12.3. The van der Waals surface area contributed by atoms with Crippen molar-refractivity contribution >= 4 is 35.6 Å². The first-order chi connectivity index (χ1) is 23.4. The number of benzene rings is 1. The minimum atomic E-state index is -0.0372. The first kappa shape index (κ1) is 39.5. The van der Waals surface area contributed by atoms with E-state index in [2.05, 4.69) is 102 Å². The van der Waals surface area contributed by atoms with E-state index in [-0.39, 0.29) is 11.8 Å². The molecule has 7 nitrogen and oxygen atoms in total. The molecule has 1 aromatic carbocycles. The number of carbonyl (C=O) groups excluding carboxylic acids is 3. The quantitative estimate of drug-likeness (QED) is 0.0548. The van der Waals surface area contributed by atoms with Gasteiger partial charge in [0.2, 0.25) is 18.2 Å². The smallest absolute Gasteiger partial charge is 0.220 e. The Morgan fingerprint density at radius 3 is 1.94 bits per heavy atom. The van der Waals surface area contributed by atoms with Gasteiger partial charge in [-0.1, -0.05) is 85.9 Å². The van der Waals surface area contributed by atoms with Crippen molar-refractivity contribution in [3.63, 3.8) is 0 Å². The highest BCUT2D eigenvalue weighted by atomic mass is 16.2. The second-order valence-electron chi connectivity index (χ2n) is 11.7. The maximum absolute atomic E-state index is 12.5. The van der Waals surface area contributed by atoms with Gasteiger partial charge in [-0.25, -0.2) is 0 Å². The molecule has 0 bridgehead atoms. The molecule has 0 aliphatic rings. The molecule has 0 radical (unpaired) electrons. The average Bonchev–Trinajstić information content (AvgIpc) is 3.34. The number of rotatable bonds is 23. The molecular formula is C41H56N4O3. The van der Waals surface area contributed by atoms with Crippen LogP contribution in [0.4, 0.5) is 5.69 Å². The number of anilines is 1. The van der Waals surface area contributed by atoms with Crippen molar-refractivity contribution in [1.29, 1.82) is 0 Å². The van der Waals surface area contributed by atoms with Gasteiger partial charge >= 0.3 is 0 Å². The van der Waals surface area contributed by atoms with Gasteiger partial charge in [-0.2, -0.15) is 0 Å². The summed E-state index contributed by atoms with van der Waals surface area (Å²) in [4.78, 5) is 39.1. The van der Waals surface area contributed by atoms with Crippen LogP contribution < -0.4 is 16.0 Å². The third-order valence-corrected chi connectivity index (χ3v) is 7.86. The fourth-order valence-electron chi connectivity index (χ4n) is 5.21. The number of hydrogen-bond donors (Lipinski definition) is 4. The summed E-state index contributed by atoms with van der Waals surface area (Å²) < 4.78 is 0. The van der Waals surface area contributed by atoms with E-state index >= 15 is 0 Å². The van der Waals surface area contributed by atoms with E-state index in [1.54, 1.807) is 0 Å². The second-order valence-corrected chi connectivity index (χ2v) is 11.7. The van der Waals surface area contributed by atoms with E-state index < -0.39 is 0 Å². The molecular weight excluding hydrogens is 596 g/mol. The average molecular weight is 653 g/mol. The van der Waals surface area contributed by atoms with Crippen LogP contribution in [0.25, 0.3) is 11.6 Å².